The van der Waals surface area contributed by atoms with Crippen LogP contribution in [0, 0.1) is 18.8 Å². The maximum atomic E-state index is 13.5. The number of nitrogens with zero attached hydrogens (tertiary/aromatic N) is 4. The molecule has 3 heterocycles. The summed E-state index contributed by atoms with van der Waals surface area (Å²) in [5.74, 6) is 0.415. The van der Waals surface area contributed by atoms with Crippen LogP contribution in [0.2, 0.25) is 0 Å². The number of carbonyl (C=O) groups excluding carboxylic acids is 2. The first-order chi connectivity index (χ1) is 18.5. The van der Waals surface area contributed by atoms with Gasteiger partial charge in [-0.25, -0.2) is 8.42 Å². The number of hydrogen-bond acceptors (Lipinski definition) is 6. The first-order valence-electron chi connectivity index (χ1n) is 13.7. The Labute approximate surface area is 231 Å². The SMILES string of the molecule is Cc1cccc(N2CCN(C(=O)CN3C(=O)COc4ccc(S(=O)(=O)N5C[C@H](C)C[C@@H](C)C5)cc43)C[C@H]2C)c1. The van der Waals surface area contributed by atoms with Crippen molar-refractivity contribution in [2.75, 3.05) is 55.7 Å². The molecule has 2 fully saturated rings. The molecule has 39 heavy (non-hydrogen) atoms. The summed E-state index contributed by atoms with van der Waals surface area (Å²) in [6.45, 7) is 10.6. The van der Waals surface area contributed by atoms with Gasteiger partial charge in [0, 0.05) is 44.5 Å². The van der Waals surface area contributed by atoms with Gasteiger partial charge in [-0.2, -0.15) is 4.31 Å². The number of anilines is 2. The Kier molecular flexibility index (Phi) is 7.61. The van der Waals surface area contributed by atoms with Crippen molar-refractivity contribution >= 4 is 33.2 Å². The molecule has 2 amide bonds. The summed E-state index contributed by atoms with van der Waals surface area (Å²) in [5.41, 5.74) is 2.65. The van der Waals surface area contributed by atoms with Gasteiger partial charge in [0.25, 0.3) is 5.91 Å². The molecule has 5 rings (SSSR count). The van der Waals surface area contributed by atoms with Crippen LogP contribution in [0.25, 0.3) is 0 Å². The number of amides is 2. The van der Waals surface area contributed by atoms with E-state index in [0.717, 1.165) is 12.1 Å². The highest BCUT2D eigenvalue weighted by molar-refractivity contribution is 7.89. The zero-order chi connectivity index (χ0) is 27.9. The van der Waals surface area contributed by atoms with Crippen molar-refractivity contribution in [1.82, 2.24) is 9.21 Å². The maximum Gasteiger partial charge on any atom is 0.265 e. The molecular weight excluding hydrogens is 516 g/mol. The van der Waals surface area contributed by atoms with Gasteiger partial charge in [0.05, 0.1) is 10.6 Å². The number of piperazine rings is 1. The maximum absolute atomic E-state index is 13.5. The Hall–Kier alpha value is -3.11. The third kappa shape index (κ3) is 5.63. The fourth-order valence-electron chi connectivity index (χ4n) is 6.08. The number of aryl methyl sites for hydroxylation is 1. The van der Waals surface area contributed by atoms with E-state index in [0.29, 0.717) is 44.2 Å². The summed E-state index contributed by atoms with van der Waals surface area (Å²) in [4.78, 5) is 31.9. The molecule has 2 saturated heterocycles. The minimum Gasteiger partial charge on any atom is -0.482 e. The number of sulfonamides is 1. The molecule has 0 unspecified atom stereocenters. The van der Waals surface area contributed by atoms with Crippen molar-refractivity contribution in [3.63, 3.8) is 0 Å². The fourth-order valence-corrected chi connectivity index (χ4v) is 7.78. The molecule has 0 spiro atoms. The van der Waals surface area contributed by atoms with Gasteiger partial charge in [0.15, 0.2) is 6.61 Å². The molecule has 3 aliphatic heterocycles. The van der Waals surface area contributed by atoms with E-state index in [1.807, 2.05) is 6.07 Å². The van der Waals surface area contributed by atoms with Gasteiger partial charge in [0.1, 0.15) is 12.3 Å². The third-order valence-corrected chi connectivity index (χ3v) is 9.78. The van der Waals surface area contributed by atoms with Crippen LogP contribution in [-0.4, -0.2) is 81.4 Å². The predicted octanol–water partition coefficient (Wildman–Crippen LogP) is 3.12. The summed E-state index contributed by atoms with van der Waals surface area (Å²) in [6.07, 6.45) is 0.992. The van der Waals surface area contributed by atoms with E-state index in [1.54, 1.807) is 11.0 Å². The standard InChI is InChI=1S/C29H38N4O5S/c1-20-6-5-7-24(13-20)32-11-10-30(17-23(32)4)28(34)18-33-26-14-25(8-9-27(26)38-19-29(33)35)39(36,37)31-15-21(2)12-22(3)16-31/h5-9,13-14,21-23H,10-12,15-19H2,1-4H3/t21-,22-,23-/m1/s1. The predicted molar refractivity (Wildman–Crippen MR) is 151 cm³/mol. The average molecular weight is 555 g/mol. The average Bonchev–Trinajstić information content (AvgIpc) is 2.89. The van der Waals surface area contributed by atoms with Gasteiger partial charge in [0.2, 0.25) is 15.9 Å². The summed E-state index contributed by atoms with van der Waals surface area (Å²) in [6, 6.07) is 13.0. The summed E-state index contributed by atoms with van der Waals surface area (Å²) in [5, 5.41) is 0. The number of hydrogen-bond donors (Lipinski definition) is 0. The van der Waals surface area contributed by atoms with E-state index in [9.17, 15) is 18.0 Å². The molecule has 2 aromatic rings. The van der Waals surface area contributed by atoms with Crippen molar-refractivity contribution in [3.8, 4) is 5.75 Å². The number of carbonyl (C=O) groups is 2. The Morgan fingerprint density at radius 3 is 2.44 bits per heavy atom. The normalized spacial score (nSPS) is 24.4. The topological polar surface area (TPSA) is 90.5 Å². The van der Waals surface area contributed by atoms with E-state index in [2.05, 4.69) is 50.8 Å². The van der Waals surface area contributed by atoms with E-state index < -0.39 is 10.0 Å². The molecule has 0 N–H and O–H groups in total. The Bertz CT molecular complexity index is 1350. The zero-order valence-corrected chi connectivity index (χ0v) is 24.0. The molecule has 210 valence electrons. The van der Waals surface area contributed by atoms with Crippen LogP contribution in [0.1, 0.15) is 32.8 Å². The zero-order valence-electron chi connectivity index (χ0n) is 23.2. The van der Waals surface area contributed by atoms with Crippen molar-refractivity contribution < 1.29 is 22.7 Å². The fraction of sp³-hybridized carbons (Fsp3) is 0.517. The highest BCUT2D eigenvalue weighted by Gasteiger charge is 2.35. The lowest BCUT2D eigenvalue weighted by molar-refractivity contribution is -0.132. The van der Waals surface area contributed by atoms with Crippen molar-refractivity contribution in [2.24, 2.45) is 11.8 Å². The van der Waals surface area contributed by atoms with Crippen LogP contribution in [-0.2, 0) is 19.6 Å². The van der Waals surface area contributed by atoms with Gasteiger partial charge in [-0.15, -0.1) is 0 Å². The van der Waals surface area contributed by atoms with Crippen LogP contribution in [0.3, 0.4) is 0 Å². The number of benzene rings is 2. The first kappa shape index (κ1) is 27.5. The summed E-state index contributed by atoms with van der Waals surface area (Å²) >= 11 is 0. The second kappa shape index (κ2) is 10.8. The molecule has 0 saturated carbocycles. The molecule has 3 atom stereocenters. The molecule has 9 nitrogen and oxygen atoms in total. The van der Waals surface area contributed by atoms with Gasteiger partial charge in [-0.1, -0.05) is 26.0 Å². The van der Waals surface area contributed by atoms with E-state index in [4.69, 9.17) is 4.74 Å². The van der Waals surface area contributed by atoms with Crippen LogP contribution in [0.15, 0.2) is 47.4 Å². The van der Waals surface area contributed by atoms with Crippen LogP contribution in [0.4, 0.5) is 11.4 Å². The largest absolute Gasteiger partial charge is 0.482 e. The van der Waals surface area contributed by atoms with E-state index in [1.165, 1.54) is 26.9 Å². The molecular formula is C29H38N4O5S. The van der Waals surface area contributed by atoms with Gasteiger partial charge >= 0.3 is 0 Å². The third-order valence-electron chi connectivity index (χ3n) is 7.95. The molecule has 3 aliphatic rings. The molecule has 0 aromatic heterocycles. The molecule has 10 heteroatoms. The Balaban J connectivity index is 1.33. The smallest absolute Gasteiger partial charge is 0.265 e. The molecule has 2 aromatic carbocycles. The first-order valence-corrected chi connectivity index (χ1v) is 15.2. The van der Waals surface area contributed by atoms with Crippen molar-refractivity contribution in [3.05, 3.63) is 48.0 Å². The van der Waals surface area contributed by atoms with Gasteiger partial charge in [-0.3, -0.25) is 14.5 Å². The van der Waals surface area contributed by atoms with Gasteiger partial charge in [-0.05, 0) is 68.0 Å². The van der Waals surface area contributed by atoms with Crippen LogP contribution in [0.5, 0.6) is 5.75 Å². The second-order valence-corrected chi connectivity index (χ2v) is 13.3. The quantitative estimate of drug-likeness (QED) is 0.564. The monoisotopic (exact) mass is 554 g/mol. The molecule has 0 radical (unpaired) electrons. The minimum absolute atomic E-state index is 0.110. The van der Waals surface area contributed by atoms with Crippen molar-refractivity contribution in [1.29, 1.82) is 0 Å². The Morgan fingerprint density at radius 2 is 1.74 bits per heavy atom. The number of fused-ring (bicyclic) bond motifs is 1. The van der Waals surface area contributed by atoms with Crippen LogP contribution < -0.4 is 14.5 Å². The summed E-state index contributed by atoms with van der Waals surface area (Å²) in [7, 11) is -3.76. The van der Waals surface area contributed by atoms with Gasteiger partial charge < -0.3 is 14.5 Å². The Morgan fingerprint density at radius 1 is 1.00 bits per heavy atom. The highest BCUT2D eigenvalue weighted by atomic mass is 32.2. The lowest BCUT2D eigenvalue weighted by Crippen LogP contribution is -2.56. The number of piperidine rings is 1. The minimum atomic E-state index is -3.76. The summed E-state index contributed by atoms with van der Waals surface area (Å²) < 4.78 is 34.2. The van der Waals surface area contributed by atoms with Crippen molar-refractivity contribution in [2.45, 2.75) is 45.1 Å². The number of rotatable bonds is 5. The molecule has 0 bridgehead atoms. The van der Waals surface area contributed by atoms with E-state index in [-0.39, 0.29) is 47.7 Å². The second-order valence-electron chi connectivity index (χ2n) is 11.4. The highest BCUT2D eigenvalue weighted by Crippen LogP contribution is 2.36. The molecule has 0 aliphatic carbocycles. The van der Waals surface area contributed by atoms with Crippen LogP contribution >= 0.6 is 0 Å². The van der Waals surface area contributed by atoms with E-state index >= 15 is 0 Å². The lowest BCUT2D eigenvalue weighted by atomic mass is 9.94. The lowest BCUT2D eigenvalue weighted by Gasteiger charge is -2.42. The number of ether oxygens (including phenoxy) is 1.